The van der Waals surface area contributed by atoms with Crippen molar-refractivity contribution in [3.63, 3.8) is 0 Å². The van der Waals surface area contributed by atoms with Gasteiger partial charge in [-0.3, -0.25) is 14.7 Å². The molecule has 8 heteroatoms. The number of methoxy groups -OCH3 is 1. The number of H-pyrrole nitrogens is 1. The summed E-state index contributed by atoms with van der Waals surface area (Å²) in [6, 6.07) is 13.2. The molecule has 4 aromatic rings. The summed E-state index contributed by atoms with van der Waals surface area (Å²) < 4.78 is 11.6. The molecule has 5 rings (SSSR count). The molecule has 0 atom stereocenters. The van der Waals surface area contributed by atoms with Gasteiger partial charge < -0.3 is 19.4 Å². The lowest BCUT2D eigenvalue weighted by Gasteiger charge is -2.15. The lowest BCUT2D eigenvalue weighted by Crippen LogP contribution is -2.30. The zero-order valence-corrected chi connectivity index (χ0v) is 17.8. The first-order valence-electron chi connectivity index (χ1n) is 10.8. The maximum atomic E-state index is 12.9. The molecule has 1 aliphatic heterocycles. The maximum absolute atomic E-state index is 12.9. The molecular formula is C24H24N4O4. The van der Waals surface area contributed by atoms with E-state index in [1.165, 1.54) is 0 Å². The zero-order chi connectivity index (χ0) is 22.1. The molecule has 0 radical (unpaired) electrons. The van der Waals surface area contributed by atoms with Gasteiger partial charge in [-0.1, -0.05) is 18.2 Å². The third-order valence-electron chi connectivity index (χ3n) is 5.85. The van der Waals surface area contributed by atoms with Gasteiger partial charge in [0.15, 0.2) is 5.76 Å². The van der Waals surface area contributed by atoms with Crippen LogP contribution in [0.5, 0.6) is 5.75 Å². The van der Waals surface area contributed by atoms with Gasteiger partial charge in [-0.2, -0.15) is 5.10 Å². The fourth-order valence-corrected chi connectivity index (χ4v) is 4.26. The highest BCUT2D eigenvalue weighted by atomic mass is 16.5. The summed E-state index contributed by atoms with van der Waals surface area (Å²) in [4.78, 5) is 26.5. The Morgan fingerprint density at radius 1 is 1.28 bits per heavy atom. The van der Waals surface area contributed by atoms with E-state index < -0.39 is 0 Å². The van der Waals surface area contributed by atoms with Crippen LogP contribution in [0.2, 0.25) is 0 Å². The van der Waals surface area contributed by atoms with E-state index in [1.807, 2.05) is 41.3 Å². The molecule has 0 saturated carbocycles. The van der Waals surface area contributed by atoms with Crippen LogP contribution < -0.4 is 10.1 Å². The van der Waals surface area contributed by atoms with Gasteiger partial charge in [-0.15, -0.1) is 0 Å². The Morgan fingerprint density at radius 3 is 2.94 bits per heavy atom. The Balaban J connectivity index is 1.39. The van der Waals surface area contributed by atoms with Crippen LogP contribution >= 0.6 is 0 Å². The minimum absolute atomic E-state index is 0.196. The van der Waals surface area contributed by atoms with Crippen molar-refractivity contribution in [1.29, 1.82) is 0 Å². The van der Waals surface area contributed by atoms with E-state index in [0.29, 0.717) is 54.1 Å². The van der Waals surface area contributed by atoms with Gasteiger partial charge >= 0.3 is 0 Å². The van der Waals surface area contributed by atoms with Crippen LogP contribution in [-0.4, -0.2) is 53.7 Å². The Morgan fingerprint density at radius 2 is 2.16 bits per heavy atom. The molecule has 0 bridgehead atoms. The first-order chi connectivity index (χ1) is 15.7. The highest BCUT2D eigenvalue weighted by Gasteiger charge is 2.23. The summed E-state index contributed by atoms with van der Waals surface area (Å²) in [5, 5.41) is 12.0. The Kier molecular flexibility index (Phi) is 5.26. The molecule has 164 valence electrons. The summed E-state index contributed by atoms with van der Waals surface area (Å²) in [7, 11) is 1.54. The number of aromatic nitrogens is 2. The predicted molar refractivity (Wildman–Crippen MR) is 121 cm³/mol. The smallest absolute Gasteiger partial charge is 0.255 e. The second kappa shape index (κ2) is 8.37. The average Bonchev–Trinajstić information content (AvgIpc) is 3.53. The van der Waals surface area contributed by atoms with E-state index >= 15 is 0 Å². The number of hydrogen-bond acceptors (Lipinski definition) is 5. The molecule has 0 spiro atoms. The van der Waals surface area contributed by atoms with E-state index in [9.17, 15) is 9.59 Å². The van der Waals surface area contributed by atoms with Crippen LogP contribution in [0.4, 0.5) is 0 Å². The molecule has 2 aromatic carbocycles. The molecule has 1 fully saturated rings. The molecule has 0 aliphatic carbocycles. The van der Waals surface area contributed by atoms with Crippen LogP contribution in [0.1, 0.15) is 29.6 Å². The number of amides is 2. The number of furan rings is 1. The van der Waals surface area contributed by atoms with Crippen molar-refractivity contribution in [2.45, 2.75) is 19.3 Å². The Labute approximate surface area is 184 Å². The van der Waals surface area contributed by atoms with Crippen LogP contribution in [0.25, 0.3) is 33.3 Å². The normalized spacial score (nSPS) is 13.9. The molecule has 1 saturated heterocycles. The van der Waals surface area contributed by atoms with Crippen molar-refractivity contribution >= 4 is 33.7 Å². The largest absolute Gasteiger partial charge is 0.495 e. The van der Waals surface area contributed by atoms with Gasteiger partial charge in [0, 0.05) is 31.4 Å². The molecule has 2 amide bonds. The Hall–Kier alpha value is -3.81. The minimum Gasteiger partial charge on any atom is -0.495 e. The van der Waals surface area contributed by atoms with E-state index in [1.54, 1.807) is 13.2 Å². The molecule has 8 nitrogen and oxygen atoms in total. The molecule has 2 aromatic heterocycles. The quantitative estimate of drug-likeness (QED) is 0.434. The standard InChI is InChI=1S/C24H24N4O4/c1-31-23-16(24(30)25-11-5-13-28-12-4-8-20(28)29)9-10-17-21(23)22(27-26-17)19-14-15-6-2-3-7-18(15)32-19/h2-3,6-7,9-10,14H,4-5,8,11-13H2,1H3,(H,25,30)(H,26,27). The molecule has 1 aliphatic rings. The average molecular weight is 432 g/mol. The summed E-state index contributed by atoms with van der Waals surface area (Å²) in [6.07, 6.45) is 2.25. The van der Waals surface area contributed by atoms with Crippen molar-refractivity contribution in [2.24, 2.45) is 0 Å². The minimum atomic E-state index is -0.228. The SMILES string of the molecule is COc1c(C(=O)NCCCN2CCCC2=O)ccc2[nH]nc(-c3cc4ccccc4o3)c12. The lowest BCUT2D eigenvalue weighted by molar-refractivity contribution is -0.127. The molecule has 2 N–H and O–H groups in total. The number of hydrogen-bond donors (Lipinski definition) is 2. The summed E-state index contributed by atoms with van der Waals surface area (Å²) in [5.41, 5.74) is 2.54. The third-order valence-corrected chi connectivity index (χ3v) is 5.85. The molecule has 0 unspecified atom stereocenters. The van der Waals surface area contributed by atoms with Crippen molar-refractivity contribution in [2.75, 3.05) is 26.7 Å². The number of rotatable bonds is 7. The lowest BCUT2D eigenvalue weighted by atomic mass is 10.1. The second-order valence-corrected chi connectivity index (χ2v) is 7.88. The van der Waals surface area contributed by atoms with E-state index in [0.717, 1.165) is 29.5 Å². The van der Waals surface area contributed by atoms with Crippen LogP contribution in [0.15, 0.2) is 46.9 Å². The monoisotopic (exact) mass is 432 g/mol. The fourth-order valence-electron chi connectivity index (χ4n) is 4.26. The number of benzene rings is 2. The summed E-state index contributed by atoms with van der Waals surface area (Å²) in [6.45, 7) is 1.95. The van der Waals surface area contributed by atoms with Crippen LogP contribution in [0.3, 0.4) is 0 Å². The van der Waals surface area contributed by atoms with Gasteiger partial charge in [0.25, 0.3) is 5.91 Å². The number of fused-ring (bicyclic) bond motifs is 2. The first-order valence-corrected chi connectivity index (χ1v) is 10.8. The van der Waals surface area contributed by atoms with Gasteiger partial charge in [0.1, 0.15) is 17.0 Å². The second-order valence-electron chi connectivity index (χ2n) is 7.88. The van der Waals surface area contributed by atoms with Crippen LogP contribution in [-0.2, 0) is 4.79 Å². The van der Waals surface area contributed by atoms with E-state index in [4.69, 9.17) is 9.15 Å². The fraction of sp³-hybridized carbons (Fsp3) is 0.292. The topological polar surface area (TPSA) is 100 Å². The van der Waals surface area contributed by atoms with Gasteiger partial charge in [-0.05, 0) is 37.1 Å². The van der Waals surface area contributed by atoms with Crippen molar-refractivity contribution in [1.82, 2.24) is 20.4 Å². The molecule has 3 heterocycles. The number of nitrogens with one attached hydrogen (secondary N) is 2. The number of likely N-dealkylation sites (tertiary alicyclic amines) is 1. The van der Waals surface area contributed by atoms with Gasteiger partial charge in [-0.25, -0.2) is 0 Å². The highest BCUT2D eigenvalue weighted by Crippen LogP contribution is 2.38. The van der Waals surface area contributed by atoms with E-state index in [2.05, 4.69) is 15.5 Å². The number of nitrogens with zero attached hydrogens (tertiary/aromatic N) is 2. The Bertz CT molecular complexity index is 1270. The van der Waals surface area contributed by atoms with Gasteiger partial charge in [0.2, 0.25) is 5.91 Å². The van der Waals surface area contributed by atoms with Crippen molar-refractivity contribution in [3.05, 3.63) is 48.0 Å². The number of para-hydroxylation sites is 1. The third kappa shape index (κ3) is 3.57. The molecule has 32 heavy (non-hydrogen) atoms. The van der Waals surface area contributed by atoms with E-state index in [-0.39, 0.29) is 11.8 Å². The van der Waals surface area contributed by atoms with Gasteiger partial charge in [0.05, 0.1) is 23.6 Å². The number of ether oxygens (including phenoxy) is 1. The number of carbonyl (C=O) groups excluding carboxylic acids is 2. The maximum Gasteiger partial charge on any atom is 0.255 e. The number of aromatic amines is 1. The zero-order valence-electron chi connectivity index (χ0n) is 17.8. The first kappa shape index (κ1) is 20.1. The number of carbonyl (C=O) groups is 2. The highest BCUT2D eigenvalue weighted by molar-refractivity contribution is 6.07. The van der Waals surface area contributed by atoms with Crippen molar-refractivity contribution in [3.8, 4) is 17.2 Å². The van der Waals surface area contributed by atoms with Crippen molar-refractivity contribution < 1.29 is 18.7 Å². The summed E-state index contributed by atoms with van der Waals surface area (Å²) in [5.74, 6) is 1.01. The van der Waals surface area contributed by atoms with Crippen LogP contribution in [0, 0.1) is 0 Å². The predicted octanol–water partition coefficient (Wildman–Crippen LogP) is 3.73. The molecular weight excluding hydrogens is 408 g/mol. The summed E-state index contributed by atoms with van der Waals surface area (Å²) >= 11 is 0.